The van der Waals surface area contributed by atoms with E-state index in [1.807, 2.05) is 0 Å². The van der Waals surface area contributed by atoms with E-state index in [0.717, 1.165) is 23.3 Å². The molecular weight excluding hydrogens is 503 g/mol. The highest BCUT2D eigenvalue weighted by molar-refractivity contribution is 6.29. The van der Waals surface area contributed by atoms with Gasteiger partial charge in [0.2, 0.25) is 0 Å². The Morgan fingerprint density at radius 3 is 2.58 bits per heavy atom. The predicted molar refractivity (Wildman–Crippen MR) is 125 cm³/mol. The zero-order chi connectivity index (χ0) is 26.0. The van der Waals surface area contributed by atoms with Crippen LogP contribution in [0, 0.1) is 12.8 Å². The molecule has 4 heterocycles. The second-order valence-electron chi connectivity index (χ2n) is 9.23. The summed E-state index contributed by atoms with van der Waals surface area (Å²) < 4.78 is 41.8. The monoisotopic (exact) mass is 523 g/mol. The van der Waals surface area contributed by atoms with Gasteiger partial charge in [0.25, 0.3) is 5.56 Å². The summed E-state index contributed by atoms with van der Waals surface area (Å²) in [4.78, 5) is 34.7. The van der Waals surface area contributed by atoms with E-state index in [1.165, 1.54) is 19.1 Å². The number of carbonyl (C=O) groups is 1. The Hall–Kier alpha value is -3.38. The first-order valence-corrected chi connectivity index (χ1v) is 11.5. The molecule has 0 aromatic carbocycles. The number of aromatic nitrogens is 3. The quantitative estimate of drug-likeness (QED) is 0.421. The Bertz CT molecular complexity index is 1450. The molecule has 0 atom stereocenters. The van der Waals surface area contributed by atoms with Crippen LogP contribution in [-0.2, 0) is 12.7 Å². The molecule has 1 saturated heterocycles. The highest BCUT2D eigenvalue weighted by atomic mass is 35.5. The number of halogens is 4. The van der Waals surface area contributed by atoms with Crippen molar-refractivity contribution in [2.75, 3.05) is 23.3 Å². The zero-order valence-electron chi connectivity index (χ0n) is 18.9. The van der Waals surface area contributed by atoms with E-state index in [1.54, 1.807) is 4.90 Å². The standard InChI is InChI=1S/C23H21ClF3N5O4/c1-11-18(31-9-22(36,10-31)13-2-3-13)30-19-12(6-14(23(25,26)27)8-32(19)20(11)33)7-28-15-4-5-16(24)29-17(15)21(34)35/h4-6,8,13,28,36H,2-3,7,9-10H2,1H3,(H,34,35). The smallest absolute Gasteiger partial charge is 0.417 e. The molecule has 190 valence electrons. The number of hydrogen-bond acceptors (Lipinski definition) is 7. The van der Waals surface area contributed by atoms with Crippen molar-refractivity contribution in [1.82, 2.24) is 14.4 Å². The molecule has 5 rings (SSSR count). The van der Waals surface area contributed by atoms with Crippen LogP contribution in [0.15, 0.2) is 29.2 Å². The van der Waals surface area contributed by atoms with Gasteiger partial charge in [0, 0.05) is 18.3 Å². The van der Waals surface area contributed by atoms with E-state index >= 15 is 0 Å². The number of rotatable bonds is 6. The summed E-state index contributed by atoms with van der Waals surface area (Å²) in [6.45, 7) is 1.78. The van der Waals surface area contributed by atoms with Gasteiger partial charge in [-0.3, -0.25) is 9.20 Å². The average molecular weight is 524 g/mol. The van der Waals surface area contributed by atoms with Crippen LogP contribution in [0.25, 0.3) is 5.65 Å². The van der Waals surface area contributed by atoms with Gasteiger partial charge in [-0.1, -0.05) is 11.6 Å². The number of β-amino-alcohol motifs (C(OH)–C–C–N with tert-alkyl or cyclic N) is 1. The summed E-state index contributed by atoms with van der Waals surface area (Å²) in [5.74, 6) is -0.867. The van der Waals surface area contributed by atoms with Gasteiger partial charge in [-0.2, -0.15) is 13.2 Å². The van der Waals surface area contributed by atoms with E-state index in [2.05, 4.69) is 15.3 Å². The van der Waals surface area contributed by atoms with Gasteiger partial charge in [0.15, 0.2) is 5.69 Å². The first-order chi connectivity index (χ1) is 16.9. The molecule has 3 N–H and O–H groups in total. The van der Waals surface area contributed by atoms with Gasteiger partial charge >= 0.3 is 12.1 Å². The predicted octanol–water partition coefficient (Wildman–Crippen LogP) is 3.34. The number of carboxylic acids is 1. The van der Waals surface area contributed by atoms with Crippen LogP contribution in [0.1, 0.15) is 40.0 Å². The summed E-state index contributed by atoms with van der Waals surface area (Å²) >= 11 is 5.77. The highest BCUT2D eigenvalue weighted by Gasteiger charge is 2.52. The van der Waals surface area contributed by atoms with Gasteiger partial charge in [-0.05, 0) is 43.9 Å². The normalized spacial score (nSPS) is 17.2. The van der Waals surface area contributed by atoms with Crippen LogP contribution in [0.2, 0.25) is 5.15 Å². The summed E-state index contributed by atoms with van der Waals surface area (Å²) in [5.41, 5.74) is -2.76. The highest BCUT2D eigenvalue weighted by Crippen LogP contribution is 2.45. The van der Waals surface area contributed by atoms with Crippen molar-refractivity contribution in [2.24, 2.45) is 5.92 Å². The Morgan fingerprint density at radius 1 is 1.28 bits per heavy atom. The summed E-state index contributed by atoms with van der Waals surface area (Å²) in [6, 6.07) is 3.56. The molecule has 0 spiro atoms. The van der Waals surface area contributed by atoms with Gasteiger partial charge in [-0.25, -0.2) is 14.8 Å². The van der Waals surface area contributed by atoms with E-state index in [-0.39, 0.29) is 53.2 Å². The molecule has 0 radical (unpaired) electrons. The number of nitrogens with zero attached hydrogens (tertiary/aromatic N) is 4. The minimum Gasteiger partial charge on any atom is -0.476 e. The number of fused-ring (bicyclic) bond motifs is 1. The molecule has 2 fully saturated rings. The maximum absolute atomic E-state index is 13.6. The number of alkyl halides is 3. The van der Waals surface area contributed by atoms with Gasteiger partial charge < -0.3 is 20.4 Å². The van der Waals surface area contributed by atoms with Crippen molar-refractivity contribution in [2.45, 2.75) is 38.1 Å². The van der Waals surface area contributed by atoms with Crippen LogP contribution in [0.3, 0.4) is 0 Å². The average Bonchev–Trinajstić information content (AvgIpc) is 3.63. The summed E-state index contributed by atoms with van der Waals surface area (Å²) in [7, 11) is 0. The third-order valence-electron chi connectivity index (χ3n) is 6.63. The molecule has 0 unspecified atom stereocenters. The maximum Gasteiger partial charge on any atom is 0.417 e. The van der Waals surface area contributed by atoms with Crippen molar-refractivity contribution in [3.05, 3.63) is 62.3 Å². The fourth-order valence-corrected chi connectivity index (χ4v) is 4.70. The summed E-state index contributed by atoms with van der Waals surface area (Å²) in [6.07, 6.45) is -2.16. The molecule has 3 aromatic rings. The fourth-order valence-electron chi connectivity index (χ4n) is 4.55. The molecule has 1 aliphatic carbocycles. The molecular formula is C23H21ClF3N5O4. The molecule has 9 nitrogen and oxygen atoms in total. The van der Waals surface area contributed by atoms with Gasteiger partial charge in [0.1, 0.15) is 22.2 Å². The van der Waals surface area contributed by atoms with E-state index in [4.69, 9.17) is 11.6 Å². The minimum absolute atomic E-state index is 0.0123. The molecule has 1 saturated carbocycles. The lowest BCUT2D eigenvalue weighted by atomic mass is 9.88. The van der Waals surface area contributed by atoms with Crippen molar-refractivity contribution in [3.8, 4) is 0 Å². The Labute approximate surface area is 207 Å². The van der Waals surface area contributed by atoms with E-state index in [9.17, 15) is 33.0 Å². The van der Waals surface area contributed by atoms with Crippen LogP contribution in [-0.4, -0.2) is 49.2 Å². The lowest BCUT2D eigenvalue weighted by Gasteiger charge is -2.48. The number of nitrogens with one attached hydrogen (secondary N) is 1. The van der Waals surface area contributed by atoms with Crippen molar-refractivity contribution < 1.29 is 28.2 Å². The second-order valence-corrected chi connectivity index (χ2v) is 9.62. The van der Waals surface area contributed by atoms with Gasteiger partial charge in [0.05, 0.1) is 29.9 Å². The van der Waals surface area contributed by atoms with E-state index < -0.39 is 34.6 Å². The van der Waals surface area contributed by atoms with Crippen molar-refractivity contribution >= 4 is 34.7 Å². The lowest BCUT2D eigenvalue weighted by Crippen LogP contribution is -2.64. The van der Waals surface area contributed by atoms with Crippen molar-refractivity contribution in [3.63, 3.8) is 0 Å². The molecule has 13 heteroatoms. The Balaban J connectivity index is 1.57. The molecule has 0 bridgehead atoms. The van der Waals surface area contributed by atoms with Crippen LogP contribution >= 0.6 is 11.6 Å². The molecule has 3 aromatic heterocycles. The molecule has 1 aliphatic heterocycles. The van der Waals surface area contributed by atoms with Crippen molar-refractivity contribution in [1.29, 1.82) is 0 Å². The molecule has 36 heavy (non-hydrogen) atoms. The first kappa shape index (κ1) is 24.3. The first-order valence-electron chi connectivity index (χ1n) is 11.1. The Morgan fingerprint density at radius 2 is 1.97 bits per heavy atom. The topological polar surface area (TPSA) is 120 Å². The zero-order valence-corrected chi connectivity index (χ0v) is 19.7. The number of carboxylic acid groups (broad SMARTS) is 1. The third kappa shape index (κ3) is 4.24. The summed E-state index contributed by atoms with van der Waals surface area (Å²) in [5, 5.41) is 22.8. The largest absolute Gasteiger partial charge is 0.476 e. The fraction of sp³-hybridized carbons (Fsp3) is 0.391. The Kier molecular flexibility index (Phi) is 5.63. The van der Waals surface area contributed by atoms with Crippen LogP contribution < -0.4 is 15.8 Å². The second kappa shape index (κ2) is 8.34. The van der Waals surface area contributed by atoms with E-state index in [0.29, 0.717) is 12.0 Å². The number of aromatic carboxylic acids is 1. The maximum atomic E-state index is 13.6. The lowest BCUT2D eigenvalue weighted by molar-refractivity contribution is -0.137. The van der Waals surface area contributed by atoms with Crippen LogP contribution in [0.5, 0.6) is 0 Å². The number of pyridine rings is 2. The van der Waals surface area contributed by atoms with Gasteiger partial charge in [-0.15, -0.1) is 0 Å². The SMILES string of the molecule is Cc1c(N2CC(O)(C3CC3)C2)nc2c(CNc3ccc(Cl)nc3C(=O)O)cc(C(F)(F)F)cn2c1=O. The third-order valence-corrected chi connectivity index (χ3v) is 6.84. The number of hydrogen-bond donors (Lipinski definition) is 3. The number of anilines is 2. The number of aliphatic hydroxyl groups is 1. The molecule has 0 amide bonds. The molecule has 2 aliphatic rings. The minimum atomic E-state index is -4.73. The van der Waals surface area contributed by atoms with Crippen LogP contribution in [0.4, 0.5) is 24.7 Å².